The van der Waals surface area contributed by atoms with Gasteiger partial charge in [0.1, 0.15) is 17.1 Å². The van der Waals surface area contributed by atoms with Crippen molar-refractivity contribution in [2.24, 2.45) is 0 Å². The average molecular weight is 442 g/mol. The second-order valence-corrected chi connectivity index (χ2v) is 8.27. The van der Waals surface area contributed by atoms with Gasteiger partial charge in [-0.1, -0.05) is 0 Å². The summed E-state index contributed by atoms with van der Waals surface area (Å²) in [5, 5.41) is 9.45. The van der Waals surface area contributed by atoms with Crippen LogP contribution in [0, 0.1) is 13.8 Å². The van der Waals surface area contributed by atoms with Gasteiger partial charge in [0, 0.05) is 60.7 Å². The highest BCUT2D eigenvalue weighted by Crippen LogP contribution is 2.43. The van der Waals surface area contributed by atoms with Crippen molar-refractivity contribution in [1.29, 1.82) is 0 Å². The number of hydrogen-bond acceptors (Lipinski definition) is 7. The number of pyridine rings is 1. The molecule has 31 heavy (non-hydrogen) atoms. The summed E-state index contributed by atoms with van der Waals surface area (Å²) in [6.45, 7) is 4.95. The average Bonchev–Trinajstić information content (AvgIpc) is 3.16. The highest BCUT2D eigenvalue weighted by Gasteiger charge is 2.30. The number of ether oxygens (including phenoxy) is 3. The molecular formula is C22H22N2O6S. The minimum absolute atomic E-state index is 0.309. The Balaban J connectivity index is 1.84. The Morgan fingerprint density at radius 3 is 2.77 bits per heavy atom. The fourth-order valence-corrected chi connectivity index (χ4v) is 4.15. The first-order valence-corrected chi connectivity index (χ1v) is 10.5. The van der Waals surface area contributed by atoms with Gasteiger partial charge in [0.2, 0.25) is 6.23 Å². The predicted molar refractivity (Wildman–Crippen MR) is 115 cm³/mol. The van der Waals surface area contributed by atoms with Gasteiger partial charge in [-0.2, -0.15) is 0 Å². The first-order chi connectivity index (χ1) is 14.9. The summed E-state index contributed by atoms with van der Waals surface area (Å²) in [7, 11) is 1.65. The van der Waals surface area contributed by atoms with Crippen molar-refractivity contribution >= 4 is 17.5 Å². The molecule has 8 nitrogen and oxygen atoms in total. The van der Waals surface area contributed by atoms with E-state index < -0.39 is 17.6 Å². The molecule has 1 aliphatic heterocycles. The van der Waals surface area contributed by atoms with E-state index in [4.69, 9.17) is 14.2 Å². The zero-order valence-corrected chi connectivity index (χ0v) is 18.2. The molecule has 4 rings (SSSR count). The van der Waals surface area contributed by atoms with Gasteiger partial charge in [0.25, 0.3) is 0 Å². The number of nitrogens with zero attached hydrogens (tertiary/aromatic N) is 2. The topological polar surface area (TPSA) is 99.9 Å². The third kappa shape index (κ3) is 3.94. The van der Waals surface area contributed by atoms with E-state index in [1.807, 2.05) is 26.0 Å². The number of hydrogen-bond donors (Lipinski definition) is 1. The molecule has 0 radical (unpaired) electrons. The number of rotatable bonds is 7. The molecule has 1 unspecified atom stereocenters. The van der Waals surface area contributed by atoms with Crippen LogP contribution in [0.4, 0.5) is 0 Å². The van der Waals surface area contributed by atoms with E-state index in [0.717, 1.165) is 22.4 Å². The first-order valence-electron chi connectivity index (χ1n) is 9.74. The Hall–Kier alpha value is -3.17. The van der Waals surface area contributed by atoms with Crippen molar-refractivity contribution in [1.82, 2.24) is 8.94 Å². The third-order valence-electron chi connectivity index (χ3n) is 5.16. The highest BCUT2D eigenvalue weighted by atomic mass is 32.1. The zero-order valence-electron chi connectivity index (χ0n) is 17.4. The molecule has 0 saturated heterocycles. The van der Waals surface area contributed by atoms with Crippen molar-refractivity contribution in [3.63, 3.8) is 0 Å². The summed E-state index contributed by atoms with van der Waals surface area (Å²) in [4.78, 5) is 25.0. The molecule has 0 saturated carbocycles. The quantitative estimate of drug-likeness (QED) is 0.558. The molecule has 0 spiro atoms. The Bertz CT molecular complexity index is 1200. The van der Waals surface area contributed by atoms with Crippen molar-refractivity contribution in [3.8, 4) is 22.8 Å². The Kier molecular flexibility index (Phi) is 5.79. The van der Waals surface area contributed by atoms with Crippen LogP contribution in [0.1, 0.15) is 39.0 Å². The minimum Gasteiger partial charge on any atom is -0.493 e. The maximum atomic E-state index is 12.5. The van der Waals surface area contributed by atoms with E-state index in [1.165, 1.54) is 23.8 Å². The van der Waals surface area contributed by atoms with E-state index in [-0.39, 0.29) is 5.56 Å². The van der Waals surface area contributed by atoms with Crippen LogP contribution in [-0.4, -0.2) is 40.3 Å². The number of aromatic nitrogens is 2. The monoisotopic (exact) mass is 442 g/mol. The SMILES string of the molecule is COCCCOc1cc2c(cc1C)-c1cc(=O)c(C(=O)O)cn1C(c1cnsc1C)O2. The van der Waals surface area contributed by atoms with Gasteiger partial charge >= 0.3 is 5.97 Å². The molecule has 3 heterocycles. The molecule has 0 fully saturated rings. The molecule has 1 atom stereocenters. The molecule has 0 amide bonds. The summed E-state index contributed by atoms with van der Waals surface area (Å²) >= 11 is 1.33. The highest BCUT2D eigenvalue weighted by molar-refractivity contribution is 7.05. The lowest BCUT2D eigenvalue weighted by Gasteiger charge is -2.32. The molecule has 3 aromatic rings. The van der Waals surface area contributed by atoms with Crippen LogP contribution in [0.25, 0.3) is 11.3 Å². The summed E-state index contributed by atoms with van der Waals surface area (Å²) in [5.41, 5.74) is 2.11. The number of benzene rings is 1. The van der Waals surface area contributed by atoms with Crippen LogP contribution in [0.15, 0.2) is 35.4 Å². The number of carboxylic acid groups (broad SMARTS) is 1. The summed E-state index contributed by atoms with van der Waals surface area (Å²) in [6.07, 6.45) is 3.15. The lowest BCUT2D eigenvalue weighted by molar-refractivity contribution is 0.0693. The van der Waals surface area contributed by atoms with Crippen molar-refractivity contribution in [2.75, 3.05) is 20.3 Å². The molecule has 1 N–H and O–H groups in total. The standard InChI is InChI=1S/C22H22N2O6S/c1-12-7-14-17-8-18(25)16(22(26)27)11-24(17)21(15-10-23-31-13(15)2)30-20(14)9-19(12)29-6-4-5-28-3/h7-11,21H,4-6H2,1-3H3,(H,26,27). The van der Waals surface area contributed by atoms with Crippen LogP contribution >= 0.6 is 11.5 Å². The van der Waals surface area contributed by atoms with E-state index >= 15 is 0 Å². The van der Waals surface area contributed by atoms with E-state index in [1.54, 1.807) is 17.9 Å². The van der Waals surface area contributed by atoms with Crippen LogP contribution < -0.4 is 14.9 Å². The van der Waals surface area contributed by atoms with Gasteiger partial charge in [0.15, 0.2) is 5.43 Å². The maximum absolute atomic E-state index is 12.5. The zero-order chi connectivity index (χ0) is 22.1. The largest absolute Gasteiger partial charge is 0.493 e. The number of fused-ring (bicyclic) bond motifs is 3. The lowest BCUT2D eigenvalue weighted by Crippen LogP contribution is -2.28. The molecule has 1 aromatic carbocycles. The van der Waals surface area contributed by atoms with Crippen LogP contribution in [-0.2, 0) is 4.74 Å². The number of methoxy groups -OCH3 is 1. The second-order valence-electron chi connectivity index (χ2n) is 7.27. The molecule has 9 heteroatoms. The summed E-state index contributed by atoms with van der Waals surface area (Å²) in [6, 6.07) is 5.06. The van der Waals surface area contributed by atoms with Gasteiger partial charge in [0.05, 0.1) is 12.3 Å². The van der Waals surface area contributed by atoms with Crippen LogP contribution in [0.3, 0.4) is 0 Å². The summed E-state index contributed by atoms with van der Waals surface area (Å²) < 4.78 is 23.2. The van der Waals surface area contributed by atoms with Gasteiger partial charge in [-0.3, -0.25) is 4.79 Å². The fraction of sp³-hybridized carbons (Fsp3) is 0.318. The summed E-state index contributed by atoms with van der Waals surface area (Å²) in [5.74, 6) is -0.0295. The van der Waals surface area contributed by atoms with E-state index in [9.17, 15) is 14.7 Å². The second kappa shape index (κ2) is 8.52. The Labute approximate surface area is 182 Å². The number of carbonyl (C=O) groups is 1. The van der Waals surface area contributed by atoms with Gasteiger partial charge in [-0.05, 0) is 37.0 Å². The number of aryl methyl sites for hydroxylation is 2. The molecule has 0 aliphatic carbocycles. The van der Waals surface area contributed by atoms with E-state index in [0.29, 0.717) is 36.0 Å². The number of carboxylic acids is 1. The van der Waals surface area contributed by atoms with E-state index in [2.05, 4.69) is 4.37 Å². The smallest absolute Gasteiger partial charge is 0.341 e. The molecule has 2 aromatic heterocycles. The van der Waals surface area contributed by atoms with Crippen LogP contribution in [0.2, 0.25) is 0 Å². The van der Waals surface area contributed by atoms with Gasteiger partial charge in [-0.25, -0.2) is 9.17 Å². The molecule has 1 aliphatic rings. The molecule has 0 bridgehead atoms. The minimum atomic E-state index is -1.28. The normalized spacial score (nSPS) is 14.5. The van der Waals surface area contributed by atoms with Crippen LogP contribution in [0.5, 0.6) is 11.5 Å². The van der Waals surface area contributed by atoms with Gasteiger partial charge in [-0.15, -0.1) is 0 Å². The van der Waals surface area contributed by atoms with Crippen molar-refractivity contribution < 1.29 is 24.1 Å². The Morgan fingerprint density at radius 1 is 1.29 bits per heavy atom. The maximum Gasteiger partial charge on any atom is 0.341 e. The van der Waals surface area contributed by atoms with Crippen molar-refractivity contribution in [3.05, 3.63) is 62.4 Å². The van der Waals surface area contributed by atoms with Gasteiger partial charge < -0.3 is 23.9 Å². The number of aromatic carboxylic acids is 1. The first kappa shape index (κ1) is 21.1. The third-order valence-corrected chi connectivity index (χ3v) is 5.88. The Morgan fingerprint density at radius 2 is 2.10 bits per heavy atom. The lowest BCUT2D eigenvalue weighted by atomic mass is 10.0. The van der Waals surface area contributed by atoms with Crippen molar-refractivity contribution in [2.45, 2.75) is 26.5 Å². The fourth-order valence-electron chi connectivity index (χ4n) is 3.56. The molecule has 162 valence electrons. The molecular weight excluding hydrogens is 420 g/mol. The predicted octanol–water partition coefficient (Wildman–Crippen LogP) is 3.64.